The maximum atomic E-state index is 12.2. The van der Waals surface area contributed by atoms with Gasteiger partial charge in [0.05, 0.1) is 18.5 Å². The Hall–Kier alpha value is -1.79. The lowest BCUT2D eigenvalue weighted by Gasteiger charge is -2.11. The number of hydrogen-bond acceptors (Lipinski definition) is 5. The van der Waals surface area contributed by atoms with Gasteiger partial charge in [-0.3, -0.25) is 4.79 Å². The smallest absolute Gasteiger partial charge is 0.267 e. The van der Waals surface area contributed by atoms with Crippen molar-refractivity contribution in [3.8, 4) is 5.75 Å². The summed E-state index contributed by atoms with van der Waals surface area (Å²) in [4.78, 5) is 16.7. The van der Waals surface area contributed by atoms with Gasteiger partial charge in [0.25, 0.3) is 5.91 Å². The van der Waals surface area contributed by atoms with Crippen LogP contribution in [0.2, 0.25) is 5.02 Å². The number of aromatic nitrogens is 1. The van der Waals surface area contributed by atoms with Gasteiger partial charge in [-0.25, -0.2) is 4.98 Å². The molecule has 0 saturated heterocycles. The number of benzene rings is 1. The van der Waals surface area contributed by atoms with E-state index in [0.29, 0.717) is 32.2 Å². The maximum Gasteiger partial charge on any atom is 0.267 e. The molecule has 2 rings (SSSR count). The summed E-state index contributed by atoms with van der Waals surface area (Å²) in [5, 5.41) is 3.74. The van der Waals surface area contributed by atoms with Gasteiger partial charge in [-0.15, -0.1) is 0 Å². The Morgan fingerprint density at radius 1 is 1.45 bits per heavy atom. The zero-order valence-electron chi connectivity index (χ0n) is 11.3. The zero-order valence-corrected chi connectivity index (χ0v) is 12.9. The third kappa shape index (κ3) is 2.86. The van der Waals surface area contributed by atoms with Crippen molar-refractivity contribution in [1.82, 2.24) is 4.98 Å². The topological polar surface area (TPSA) is 77.2 Å². The fraction of sp³-hybridized carbons (Fsp3) is 0.231. The number of ether oxygens (including phenoxy) is 1. The number of carbonyl (C=O) groups is 1. The van der Waals surface area contributed by atoms with Gasteiger partial charge in [0.1, 0.15) is 10.6 Å². The molecular formula is C13H14ClN3O2S. The van der Waals surface area contributed by atoms with Crippen LogP contribution in [0.4, 0.5) is 10.8 Å². The van der Waals surface area contributed by atoms with E-state index in [1.54, 1.807) is 19.1 Å². The summed E-state index contributed by atoms with van der Waals surface area (Å²) >= 11 is 7.18. The van der Waals surface area contributed by atoms with Gasteiger partial charge < -0.3 is 15.8 Å². The Bertz CT molecular complexity index is 670. The van der Waals surface area contributed by atoms with Crippen LogP contribution in [-0.2, 0) is 0 Å². The van der Waals surface area contributed by atoms with Crippen LogP contribution in [0, 0.1) is 13.8 Å². The molecule has 106 valence electrons. The normalized spacial score (nSPS) is 10.4. The van der Waals surface area contributed by atoms with E-state index in [2.05, 4.69) is 10.3 Å². The molecule has 1 aromatic carbocycles. The number of anilines is 2. The Morgan fingerprint density at radius 3 is 2.70 bits per heavy atom. The molecule has 0 aliphatic carbocycles. The van der Waals surface area contributed by atoms with Crippen LogP contribution in [0.15, 0.2) is 12.1 Å². The molecule has 2 aromatic rings. The quantitative estimate of drug-likeness (QED) is 0.912. The second-order valence-corrected chi connectivity index (χ2v) is 5.66. The summed E-state index contributed by atoms with van der Waals surface area (Å²) in [6.07, 6.45) is 0. The highest BCUT2D eigenvalue weighted by atomic mass is 35.5. The monoisotopic (exact) mass is 311 g/mol. The molecular weight excluding hydrogens is 298 g/mol. The molecule has 0 radical (unpaired) electrons. The SMILES string of the molecule is COc1cc(Cl)c(C)cc1NC(=O)c1sc(N)nc1C. The number of nitrogens with two attached hydrogens (primary N) is 1. The number of halogens is 1. The maximum absolute atomic E-state index is 12.2. The highest BCUT2D eigenvalue weighted by molar-refractivity contribution is 7.17. The predicted octanol–water partition coefficient (Wildman–Crippen LogP) is 3.26. The molecule has 0 aliphatic heterocycles. The van der Waals surface area contributed by atoms with Crippen molar-refractivity contribution in [3.05, 3.63) is 33.3 Å². The summed E-state index contributed by atoms with van der Waals surface area (Å²) in [5.41, 5.74) is 7.61. The molecule has 0 unspecified atom stereocenters. The molecule has 0 atom stereocenters. The van der Waals surface area contributed by atoms with Crippen LogP contribution in [0.25, 0.3) is 0 Å². The number of amides is 1. The van der Waals surface area contributed by atoms with Crippen molar-refractivity contribution in [2.24, 2.45) is 0 Å². The number of rotatable bonds is 3. The van der Waals surface area contributed by atoms with Crippen molar-refractivity contribution >= 4 is 39.7 Å². The van der Waals surface area contributed by atoms with Crippen molar-refractivity contribution in [2.45, 2.75) is 13.8 Å². The number of nitrogen functional groups attached to an aromatic ring is 1. The van der Waals surface area contributed by atoms with Crippen LogP contribution < -0.4 is 15.8 Å². The van der Waals surface area contributed by atoms with E-state index in [1.807, 2.05) is 6.92 Å². The molecule has 3 N–H and O–H groups in total. The molecule has 0 bridgehead atoms. The molecule has 5 nitrogen and oxygen atoms in total. The van der Waals surface area contributed by atoms with Gasteiger partial charge in [0, 0.05) is 11.1 Å². The zero-order chi connectivity index (χ0) is 14.9. The van der Waals surface area contributed by atoms with Crippen LogP contribution in [-0.4, -0.2) is 18.0 Å². The van der Waals surface area contributed by atoms with E-state index in [1.165, 1.54) is 7.11 Å². The summed E-state index contributed by atoms with van der Waals surface area (Å²) < 4.78 is 5.22. The Kier molecular flexibility index (Phi) is 4.15. The van der Waals surface area contributed by atoms with Crippen molar-refractivity contribution in [1.29, 1.82) is 0 Å². The van der Waals surface area contributed by atoms with E-state index < -0.39 is 0 Å². The minimum Gasteiger partial charge on any atom is -0.495 e. The van der Waals surface area contributed by atoms with E-state index in [0.717, 1.165) is 16.9 Å². The first-order valence-corrected chi connectivity index (χ1v) is 7.00. The third-order valence-electron chi connectivity index (χ3n) is 2.75. The van der Waals surface area contributed by atoms with Gasteiger partial charge in [0.15, 0.2) is 5.13 Å². The van der Waals surface area contributed by atoms with Gasteiger partial charge in [-0.1, -0.05) is 22.9 Å². The van der Waals surface area contributed by atoms with E-state index >= 15 is 0 Å². The first-order chi connectivity index (χ1) is 9.42. The standard InChI is InChI=1S/C13H14ClN3O2S/c1-6-4-9(10(19-3)5-8(6)14)17-12(18)11-7(2)16-13(15)20-11/h4-5H,1-3H3,(H2,15,16)(H,17,18). The fourth-order valence-corrected chi connectivity index (χ4v) is 2.62. The second-order valence-electron chi connectivity index (χ2n) is 4.22. The first kappa shape index (κ1) is 14.6. The molecule has 7 heteroatoms. The number of nitrogens with zero attached hydrogens (tertiary/aromatic N) is 1. The number of thiazole rings is 1. The van der Waals surface area contributed by atoms with Crippen molar-refractivity contribution < 1.29 is 9.53 Å². The first-order valence-electron chi connectivity index (χ1n) is 5.80. The second kappa shape index (κ2) is 5.68. The number of nitrogens with one attached hydrogen (secondary N) is 1. The number of hydrogen-bond donors (Lipinski definition) is 2. The molecule has 0 spiro atoms. The van der Waals surface area contributed by atoms with Crippen molar-refractivity contribution in [3.63, 3.8) is 0 Å². The highest BCUT2D eigenvalue weighted by Gasteiger charge is 2.16. The largest absolute Gasteiger partial charge is 0.495 e. The van der Waals surface area contributed by atoms with E-state index in [4.69, 9.17) is 22.1 Å². The Morgan fingerprint density at radius 2 is 2.15 bits per heavy atom. The lowest BCUT2D eigenvalue weighted by Crippen LogP contribution is -2.12. The minimum absolute atomic E-state index is 0.267. The van der Waals surface area contributed by atoms with Crippen LogP contribution >= 0.6 is 22.9 Å². The lowest BCUT2D eigenvalue weighted by molar-refractivity contribution is 0.102. The summed E-state index contributed by atoms with van der Waals surface area (Å²) in [6.45, 7) is 3.60. The average Bonchev–Trinajstić information content (AvgIpc) is 2.72. The molecule has 0 aliphatic rings. The summed E-state index contributed by atoms with van der Waals surface area (Å²) in [6, 6.07) is 3.43. The summed E-state index contributed by atoms with van der Waals surface area (Å²) in [5.74, 6) is 0.237. The van der Waals surface area contributed by atoms with Crippen LogP contribution in [0.1, 0.15) is 20.9 Å². The molecule has 1 aromatic heterocycles. The predicted molar refractivity (Wildman–Crippen MR) is 82.0 cm³/mol. The summed E-state index contributed by atoms with van der Waals surface area (Å²) in [7, 11) is 1.52. The van der Waals surface area contributed by atoms with E-state index in [-0.39, 0.29) is 5.91 Å². The third-order valence-corrected chi connectivity index (χ3v) is 4.14. The molecule has 1 heterocycles. The average molecular weight is 312 g/mol. The fourth-order valence-electron chi connectivity index (χ4n) is 1.74. The van der Waals surface area contributed by atoms with Gasteiger partial charge in [-0.05, 0) is 25.5 Å². The highest BCUT2D eigenvalue weighted by Crippen LogP contribution is 2.32. The van der Waals surface area contributed by atoms with Crippen molar-refractivity contribution in [2.75, 3.05) is 18.2 Å². The number of methoxy groups -OCH3 is 1. The minimum atomic E-state index is -0.267. The number of aryl methyl sites for hydroxylation is 2. The van der Waals surface area contributed by atoms with Crippen LogP contribution in [0.3, 0.4) is 0 Å². The molecule has 0 saturated carbocycles. The molecule has 20 heavy (non-hydrogen) atoms. The molecule has 0 fully saturated rings. The van der Waals surface area contributed by atoms with E-state index in [9.17, 15) is 4.79 Å². The van der Waals surface area contributed by atoms with Gasteiger partial charge >= 0.3 is 0 Å². The molecule has 1 amide bonds. The number of carbonyl (C=O) groups excluding carboxylic acids is 1. The van der Waals surface area contributed by atoms with Crippen LogP contribution in [0.5, 0.6) is 5.75 Å². The van der Waals surface area contributed by atoms with Gasteiger partial charge in [-0.2, -0.15) is 0 Å². The lowest BCUT2D eigenvalue weighted by atomic mass is 10.2. The van der Waals surface area contributed by atoms with Gasteiger partial charge in [0.2, 0.25) is 0 Å². The Labute approximate surface area is 125 Å². The Balaban J connectivity index is 2.32.